The van der Waals surface area contributed by atoms with E-state index in [0.29, 0.717) is 13.2 Å². The molecule has 1 atom stereocenters. The van der Waals surface area contributed by atoms with E-state index >= 15 is 0 Å². The minimum absolute atomic E-state index is 0.0966. The number of hydrogen-bond acceptors (Lipinski definition) is 2. The van der Waals surface area contributed by atoms with E-state index in [1.54, 1.807) is 0 Å². The first-order valence-corrected chi connectivity index (χ1v) is 6.22. The Hall–Kier alpha value is -1.35. The van der Waals surface area contributed by atoms with Gasteiger partial charge in [-0.05, 0) is 38.3 Å². The molecular formula is C14H19NO2. The molecule has 1 heterocycles. The highest BCUT2D eigenvalue weighted by molar-refractivity contribution is 5.97. The number of carbonyl (C=O) groups is 1. The molecule has 0 aliphatic carbocycles. The molecule has 2 rings (SSSR count). The van der Waals surface area contributed by atoms with Crippen LogP contribution in [0.2, 0.25) is 0 Å². The number of carbonyl (C=O) groups excluding carboxylic acids is 1. The van der Waals surface area contributed by atoms with Gasteiger partial charge in [0.25, 0.3) is 5.91 Å². The first-order chi connectivity index (χ1) is 8.24. The maximum Gasteiger partial charge on any atom is 0.256 e. The van der Waals surface area contributed by atoms with Crippen molar-refractivity contribution in [3.05, 3.63) is 29.8 Å². The molecule has 0 saturated carbocycles. The van der Waals surface area contributed by atoms with Gasteiger partial charge in [-0.15, -0.1) is 0 Å². The van der Waals surface area contributed by atoms with Gasteiger partial charge in [-0.1, -0.05) is 18.2 Å². The highest BCUT2D eigenvalue weighted by Gasteiger charge is 2.28. The van der Waals surface area contributed by atoms with Gasteiger partial charge in [0.15, 0.2) is 0 Å². The smallest absolute Gasteiger partial charge is 0.256 e. The Morgan fingerprint density at radius 3 is 2.82 bits per heavy atom. The number of likely N-dealkylation sites (N-methyl/N-ethyl adjacent to an activating group) is 1. The lowest BCUT2D eigenvalue weighted by Gasteiger charge is -2.25. The number of hydrogen-bond donors (Lipinski definition) is 0. The third-order valence-corrected chi connectivity index (χ3v) is 3.19. The van der Waals surface area contributed by atoms with E-state index in [9.17, 15) is 4.79 Å². The van der Waals surface area contributed by atoms with Gasteiger partial charge in [-0.3, -0.25) is 4.79 Å². The lowest BCUT2D eigenvalue weighted by Crippen LogP contribution is -2.39. The maximum atomic E-state index is 12.3. The molecule has 0 unspecified atom stereocenters. The van der Waals surface area contributed by atoms with E-state index in [1.807, 2.05) is 43.0 Å². The summed E-state index contributed by atoms with van der Waals surface area (Å²) in [5.41, 5.74) is 2.12. The maximum absolute atomic E-state index is 12.3. The van der Waals surface area contributed by atoms with E-state index in [2.05, 4.69) is 0 Å². The monoisotopic (exact) mass is 233 g/mol. The van der Waals surface area contributed by atoms with Crippen molar-refractivity contribution in [1.29, 1.82) is 0 Å². The molecule has 17 heavy (non-hydrogen) atoms. The van der Waals surface area contributed by atoms with Gasteiger partial charge < -0.3 is 9.64 Å². The molecule has 3 heteroatoms. The molecule has 0 bridgehead atoms. The Bertz CT molecular complexity index is 397. The zero-order valence-electron chi connectivity index (χ0n) is 10.5. The zero-order valence-corrected chi connectivity index (χ0v) is 10.5. The molecule has 3 nitrogen and oxygen atoms in total. The highest BCUT2D eigenvalue weighted by Crippen LogP contribution is 2.23. The summed E-state index contributed by atoms with van der Waals surface area (Å²) in [6.07, 6.45) is 1.60. The van der Waals surface area contributed by atoms with Gasteiger partial charge >= 0.3 is 0 Å². The normalized spacial score (nSPS) is 19.3. The number of aryl methyl sites for hydroxylation is 1. The number of benzene rings is 1. The van der Waals surface area contributed by atoms with Crippen molar-refractivity contribution in [2.24, 2.45) is 0 Å². The molecule has 0 aromatic heterocycles. The molecular weight excluding hydrogens is 214 g/mol. The van der Waals surface area contributed by atoms with Gasteiger partial charge in [-0.25, -0.2) is 0 Å². The van der Waals surface area contributed by atoms with Crippen LogP contribution in [0.4, 0.5) is 5.69 Å². The minimum Gasteiger partial charge on any atom is -0.368 e. The number of anilines is 1. The summed E-state index contributed by atoms with van der Waals surface area (Å²) in [5, 5.41) is 0. The second kappa shape index (κ2) is 5.32. The Morgan fingerprint density at radius 2 is 2.24 bits per heavy atom. The molecule has 1 aliphatic rings. The summed E-state index contributed by atoms with van der Waals surface area (Å²) >= 11 is 0. The van der Waals surface area contributed by atoms with Crippen LogP contribution in [0, 0.1) is 6.92 Å². The first kappa shape index (κ1) is 12.1. The number of para-hydroxylation sites is 1. The Labute approximate surface area is 102 Å². The highest BCUT2D eigenvalue weighted by atomic mass is 16.5. The molecule has 1 aromatic rings. The van der Waals surface area contributed by atoms with Crippen molar-refractivity contribution >= 4 is 11.6 Å². The number of nitrogens with zero attached hydrogens (tertiary/aromatic N) is 1. The molecule has 0 radical (unpaired) electrons. The largest absolute Gasteiger partial charge is 0.368 e. The van der Waals surface area contributed by atoms with Crippen LogP contribution in [-0.4, -0.2) is 25.2 Å². The van der Waals surface area contributed by atoms with Crippen LogP contribution in [0.3, 0.4) is 0 Å². The molecule has 1 amide bonds. The summed E-state index contributed by atoms with van der Waals surface area (Å²) in [4.78, 5) is 14.2. The second-order valence-electron chi connectivity index (χ2n) is 4.37. The molecule has 0 spiro atoms. The lowest BCUT2D eigenvalue weighted by molar-refractivity contribution is -0.127. The fourth-order valence-electron chi connectivity index (χ4n) is 2.26. The lowest BCUT2D eigenvalue weighted by atomic mass is 10.1. The predicted molar refractivity (Wildman–Crippen MR) is 68.2 cm³/mol. The van der Waals surface area contributed by atoms with Crippen molar-refractivity contribution in [3.8, 4) is 0 Å². The standard InChI is InChI=1S/C14H19NO2/c1-3-15(12-8-5-4-7-11(12)2)14(16)13-9-6-10-17-13/h4-5,7-8,13H,3,6,9-10H2,1-2H3/t13-/m1/s1. The second-order valence-corrected chi connectivity index (χ2v) is 4.37. The Balaban J connectivity index is 2.21. The number of rotatable bonds is 3. The van der Waals surface area contributed by atoms with E-state index in [0.717, 1.165) is 24.1 Å². The molecule has 1 aromatic carbocycles. The molecule has 1 fully saturated rings. The summed E-state index contributed by atoms with van der Waals surface area (Å²) in [7, 11) is 0. The fraction of sp³-hybridized carbons (Fsp3) is 0.500. The van der Waals surface area contributed by atoms with Crippen LogP contribution in [0.5, 0.6) is 0 Å². The molecule has 0 N–H and O–H groups in total. The van der Waals surface area contributed by atoms with Gasteiger partial charge in [-0.2, -0.15) is 0 Å². The van der Waals surface area contributed by atoms with Crippen molar-refractivity contribution in [2.45, 2.75) is 32.8 Å². The summed E-state index contributed by atoms with van der Waals surface area (Å²) in [6, 6.07) is 7.98. The van der Waals surface area contributed by atoms with Crippen LogP contribution < -0.4 is 4.90 Å². The van der Waals surface area contributed by atoms with Gasteiger partial charge in [0.05, 0.1) is 0 Å². The minimum atomic E-state index is -0.241. The van der Waals surface area contributed by atoms with Crippen molar-refractivity contribution in [3.63, 3.8) is 0 Å². The average Bonchev–Trinajstić information content (AvgIpc) is 2.86. The number of ether oxygens (including phenoxy) is 1. The van der Waals surface area contributed by atoms with Crippen LogP contribution in [0.1, 0.15) is 25.3 Å². The summed E-state index contributed by atoms with van der Waals surface area (Å²) in [6.45, 7) is 5.42. The number of amides is 1. The Morgan fingerprint density at radius 1 is 1.47 bits per heavy atom. The SMILES string of the molecule is CCN(C(=O)[C@H]1CCCO1)c1ccccc1C. The molecule has 1 aliphatic heterocycles. The van der Waals surface area contributed by atoms with E-state index in [1.165, 1.54) is 0 Å². The van der Waals surface area contributed by atoms with Crippen LogP contribution in [-0.2, 0) is 9.53 Å². The van der Waals surface area contributed by atoms with Crippen LogP contribution in [0.15, 0.2) is 24.3 Å². The Kier molecular flexibility index (Phi) is 3.79. The molecule has 92 valence electrons. The topological polar surface area (TPSA) is 29.5 Å². The molecule has 1 saturated heterocycles. The third-order valence-electron chi connectivity index (χ3n) is 3.19. The summed E-state index contributed by atoms with van der Waals surface area (Å²) < 4.78 is 5.47. The van der Waals surface area contributed by atoms with Crippen LogP contribution in [0.25, 0.3) is 0 Å². The van der Waals surface area contributed by atoms with E-state index in [4.69, 9.17) is 4.74 Å². The van der Waals surface area contributed by atoms with Crippen molar-refractivity contribution < 1.29 is 9.53 Å². The van der Waals surface area contributed by atoms with Crippen molar-refractivity contribution in [2.75, 3.05) is 18.1 Å². The average molecular weight is 233 g/mol. The van der Waals surface area contributed by atoms with E-state index in [-0.39, 0.29) is 12.0 Å². The third kappa shape index (κ3) is 2.50. The summed E-state index contributed by atoms with van der Waals surface area (Å²) in [5.74, 6) is 0.0966. The fourth-order valence-corrected chi connectivity index (χ4v) is 2.26. The quantitative estimate of drug-likeness (QED) is 0.803. The van der Waals surface area contributed by atoms with Gasteiger partial charge in [0.2, 0.25) is 0 Å². The first-order valence-electron chi connectivity index (χ1n) is 6.22. The van der Waals surface area contributed by atoms with E-state index < -0.39 is 0 Å². The van der Waals surface area contributed by atoms with Gasteiger partial charge in [0.1, 0.15) is 6.10 Å². The van der Waals surface area contributed by atoms with Gasteiger partial charge in [0, 0.05) is 18.8 Å². The van der Waals surface area contributed by atoms with Crippen LogP contribution >= 0.6 is 0 Å². The van der Waals surface area contributed by atoms with Crippen molar-refractivity contribution in [1.82, 2.24) is 0 Å². The zero-order chi connectivity index (χ0) is 12.3. The predicted octanol–water partition coefficient (Wildman–Crippen LogP) is 2.53.